The summed E-state index contributed by atoms with van der Waals surface area (Å²) in [7, 11) is 0. The molecule has 7 nitrogen and oxygen atoms in total. The van der Waals surface area contributed by atoms with Crippen LogP contribution >= 0.6 is 0 Å². The Morgan fingerprint density at radius 2 is 1.65 bits per heavy atom. The fraction of sp³-hybridized carbons (Fsp3) is 0.111. The third-order valence-corrected chi connectivity index (χ3v) is 6.10. The van der Waals surface area contributed by atoms with Crippen molar-refractivity contribution in [1.29, 1.82) is 0 Å². The predicted octanol–water partition coefficient (Wildman–Crippen LogP) is 4.15. The van der Waals surface area contributed by atoms with Crippen LogP contribution < -0.4 is 4.90 Å². The summed E-state index contributed by atoms with van der Waals surface area (Å²) >= 11 is 0. The highest BCUT2D eigenvalue weighted by Crippen LogP contribution is 2.37. The van der Waals surface area contributed by atoms with E-state index in [-0.39, 0.29) is 18.3 Å². The lowest BCUT2D eigenvalue weighted by Crippen LogP contribution is -2.46. The highest BCUT2D eigenvalue weighted by molar-refractivity contribution is 6.04. The maximum atomic E-state index is 13.1. The van der Waals surface area contributed by atoms with Crippen LogP contribution in [-0.4, -0.2) is 38.8 Å². The molecule has 7 heteroatoms. The number of allylic oxidation sites excluding steroid dienone is 2. The molecule has 0 N–H and O–H groups in total. The Kier molecular flexibility index (Phi) is 4.53. The molecular weight excluding hydrogens is 428 g/mol. The van der Waals surface area contributed by atoms with Gasteiger partial charge in [0.2, 0.25) is 5.95 Å². The quantitative estimate of drug-likeness (QED) is 0.471. The summed E-state index contributed by atoms with van der Waals surface area (Å²) in [6, 6.07) is 21.8. The first-order valence-corrected chi connectivity index (χ1v) is 11.0. The average molecular weight is 448 g/mol. The number of ketones is 1. The van der Waals surface area contributed by atoms with Gasteiger partial charge in [-0.2, -0.15) is 9.67 Å². The van der Waals surface area contributed by atoms with E-state index in [0.29, 0.717) is 11.8 Å². The maximum absolute atomic E-state index is 13.1. The number of aromatic nitrogens is 3. The van der Waals surface area contributed by atoms with E-state index in [1.54, 1.807) is 16.8 Å². The summed E-state index contributed by atoms with van der Waals surface area (Å²) in [5.74, 6) is 0.374. The molecule has 0 unspecified atom stereocenters. The fourth-order valence-electron chi connectivity index (χ4n) is 4.37. The Morgan fingerprint density at radius 3 is 2.44 bits per heavy atom. The van der Waals surface area contributed by atoms with Crippen LogP contribution in [0.15, 0.2) is 91.0 Å². The third kappa shape index (κ3) is 3.17. The van der Waals surface area contributed by atoms with Crippen LogP contribution in [-0.2, 0) is 14.3 Å². The van der Waals surface area contributed by atoms with E-state index in [2.05, 4.69) is 0 Å². The molecule has 2 heterocycles. The molecule has 3 aromatic carbocycles. The number of nitrogens with zero attached hydrogens (tertiary/aromatic N) is 4. The van der Waals surface area contributed by atoms with E-state index >= 15 is 0 Å². The van der Waals surface area contributed by atoms with Gasteiger partial charge in [-0.25, -0.2) is 4.90 Å². The average Bonchev–Trinajstić information content (AvgIpc) is 3.42. The number of amides is 1. The van der Waals surface area contributed by atoms with Gasteiger partial charge in [0.1, 0.15) is 6.61 Å². The molecule has 1 amide bonds. The van der Waals surface area contributed by atoms with E-state index in [9.17, 15) is 9.59 Å². The van der Waals surface area contributed by atoms with Crippen molar-refractivity contribution >= 4 is 28.4 Å². The molecule has 166 valence electrons. The normalized spacial score (nSPS) is 16.8. The minimum atomic E-state index is -1.23. The van der Waals surface area contributed by atoms with Gasteiger partial charge in [0.15, 0.2) is 17.3 Å². The van der Waals surface area contributed by atoms with E-state index in [4.69, 9.17) is 14.8 Å². The predicted molar refractivity (Wildman–Crippen MR) is 128 cm³/mol. The van der Waals surface area contributed by atoms with Crippen LogP contribution in [0.5, 0.6) is 0 Å². The largest absolute Gasteiger partial charge is 0.338 e. The lowest BCUT2D eigenvalue weighted by Gasteiger charge is -2.31. The molecule has 1 aliphatic heterocycles. The van der Waals surface area contributed by atoms with Crippen LogP contribution in [0, 0.1) is 6.92 Å². The zero-order chi connectivity index (χ0) is 23.3. The number of anilines is 1. The van der Waals surface area contributed by atoms with Gasteiger partial charge in [-0.3, -0.25) is 9.59 Å². The molecule has 34 heavy (non-hydrogen) atoms. The first kappa shape index (κ1) is 20.3. The summed E-state index contributed by atoms with van der Waals surface area (Å²) in [4.78, 5) is 31.2. The molecule has 0 saturated carbocycles. The molecule has 0 radical (unpaired) electrons. The number of benzene rings is 3. The Hall–Kier alpha value is -4.36. The van der Waals surface area contributed by atoms with Crippen molar-refractivity contribution in [3.8, 4) is 17.1 Å². The van der Waals surface area contributed by atoms with Crippen LogP contribution in [0.3, 0.4) is 0 Å². The molecule has 2 aliphatic rings. The van der Waals surface area contributed by atoms with Crippen LogP contribution in [0.4, 0.5) is 5.95 Å². The molecule has 0 bridgehead atoms. The van der Waals surface area contributed by atoms with E-state index < -0.39 is 5.72 Å². The van der Waals surface area contributed by atoms with Crippen molar-refractivity contribution < 1.29 is 14.3 Å². The molecule has 0 atom stereocenters. The molecule has 6 rings (SSSR count). The van der Waals surface area contributed by atoms with Crippen molar-refractivity contribution in [2.75, 3.05) is 11.5 Å². The molecule has 1 spiro atoms. The van der Waals surface area contributed by atoms with E-state index in [0.717, 1.165) is 27.6 Å². The topological polar surface area (TPSA) is 77.3 Å². The number of fused-ring (bicyclic) bond motifs is 1. The molecule has 1 aliphatic carbocycles. The second-order valence-corrected chi connectivity index (χ2v) is 8.35. The number of aryl methyl sites for hydroxylation is 1. The van der Waals surface area contributed by atoms with Gasteiger partial charge in [0, 0.05) is 5.56 Å². The summed E-state index contributed by atoms with van der Waals surface area (Å²) in [6.07, 6.45) is 5.99. The van der Waals surface area contributed by atoms with E-state index in [1.807, 2.05) is 73.7 Å². The van der Waals surface area contributed by atoms with Crippen molar-refractivity contribution in [3.05, 3.63) is 96.6 Å². The molecule has 1 saturated heterocycles. The van der Waals surface area contributed by atoms with Gasteiger partial charge in [-0.05, 0) is 54.1 Å². The monoisotopic (exact) mass is 448 g/mol. The maximum Gasteiger partial charge on any atom is 0.258 e. The summed E-state index contributed by atoms with van der Waals surface area (Å²) < 4.78 is 7.53. The highest BCUT2D eigenvalue weighted by Gasteiger charge is 2.48. The lowest BCUT2D eigenvalue weighted by molar-refractivity contribution is -0.117. The number of hydrogen-bond donors (Lipinski definition) is 0. The van der Waals surface area contributed by atoms with Crippen molar-refractivity contribution in [1.82, 2.24) is 14.8 Å². The van der Waals surface area contributed by atoms with Crippen molar-refractivity contribution in [3.63, 3.8) is 0 Å². The first-order chi connectivity index (χ1) is 16.5. The second-order valence-electron chi connectivity index (χ2n) is 8.35. The SMILES string of the molecule is Cc1ccc(-n2nc(-c3cccc4ccccc34)nc2N2C(=O)COC23C=CC(=O)C=C3)cc1. The van der Waals surface area contributed by atoms with Crippen molar-refractivity contribution in [2.24, 2.45) is 0 Å². The standard InChI is InChI=1S/C27H20N4O3/c1-18-9-11-20(12-10-18)31-26(30-24(33)17-34-27(30)15-13-21(32)14-16-27)28-25(29-31)23-8-4-6-19-5-2-3-7-22(19)23/h2-16H,17H2,1H3. The molecule has 4 aromatic rings. The fourth-order valence-corrected chi connectivity index (χ4v) is 4.37. The zero-order valence-corrected chi connectivity index (χ0v) is 18.4. The number of ether oxygens (including phenoxy) is 1. The van der Waals surface area contributed by atoms with Gasteiger partial charge < -0.3 is 4.74 Å². The van der Waals surface area contributed by atoms with E-state index in [1.165, 1.54) is 17.1 Å². The molecule has 1 aromatic heterocycles. The highest BCUT2D eigenvalue weighted by atomic mass is 16.5. The number of carbonyl (C=O) groups is 2. The summed E-state index contributed by atoms with van der Waals surface area (Å²) in [5, 5.41) is 6.93. The first-order valence-electron chi connectivity index (χ1n) is 11.0. The van der Waals surface area contributed by atoms with Crippen molar-refractivity contribution in [2.45, 2.75) is 12.6 Å². The number of carbonyl (C=O) groups excluding carboxylic acids is 2. The second kappa shape index (κ2) is 7.60. The minimum Gasteiger partial charge on any atom is -0.338 e. The van der Waals surface area contributed by atoms with Crippen LogP contribution in [0.2, 0.25) is 0 Å². The number of hydrogen-bond acceptors (Lipinski definition) is 5. The van der Waals surface area contributed by atoms with Gasteiger partial charge in [-0.15, -0.1) is 5.10 Å². The number of rotatable bonds is 3. The molecular formula is C27H20N4O3. The Balaban J connectivity index is 1.58. The van der Waals surface area contributed by atoms with Gasteiger partial charge in [0.05, 0.1) is 5.69 Å². The molecule has 1 fully saturated rings. The third-order valence-electron chi connectivity index (χ3n) is 6.10. The van der Waals surface area contributed by atoms with Gasteiger partial charge >= 0.3 is 0 Å². The van der Waals surface area contributed by atoms with Gasteiger partial charge in [-0.1, -0.05) is 60.2 Å². The Bertz CT molecular complexity index is 1490. The summed E-state index contributed by atoms with van der Waals surface area (Å²) in [6.45, 7) is 1.88. The summed E-state index contributed by atoms with van der Waals surface area (Å²) in [5.41, 5.74) is 1.50. The van der Waals surface area contributed by atoms with Gasteiger partial charge in [0.25, 0.3) is 5.91 Å². The smallest absolute Gasteiger partial charge is 0.258 e. The Morgan fingerprint density at radius 1 is 0.912 bits per heavy atom. The Labute approximate surface area is 195 Å². The minimum absolute atomic E-state index is 0.132. The van der Waals surface area contributed by atoms with Crippen LogP contribution in [0.25, 0.3) is 27.8 Å². The van der Waals surface area contributed by atoms with Crippen LogP contribution in [0.1, 0.15) is 5.56 Å². The lowest BCUT2D eigenvalue weighted by atomic mass is 10.0. The zero-order valence-electron chi connectivity index (χ0n) is 18.4.